The fourth-order valence-corrected chi connectivity index (χ4v) is 4.09. The van der Waals surface area contributed by atoms with Crippen molar-refractivity contribution in [1.82, 2.24) is 14.0 Å². The molecule has 0 N–H and O–H groups in total. The van der Waals surface area contributed by atoms with Crippen LogP contribution >= 0.6 is 0 Å². The topological polar surface area (TPSA) is 56.5 Å². The lowest BCUT2D eigenvalue weighted by molar-refractivity contribution is -0.140. The summed E-state index contributed by atoms with van der Waals surface area (Å²) in [5, 5.41) is 0.0690. The molecule has 182 valence electrons. The zero-order valence-corrected chi connectivity index (χ0v) is 18.2. The molecular weight excluding hydrogens is 461 g/mol. The molecule has 1 amide bonds. The largest absolute Gasteiger partial charge is 0.419 e. The van der Waals surface area contributed by atoms with Crippen LogP contribution in [0.3, 0.4) is 0 Å². The van der Waals surface area contributed by atoms with Crippen molar-refractivity contribution in [2.24, 2.45) is 0 Å². The van der Waals surface area contributed by atoms with E-state index >= 15 is 0 Å². The Morgan fingerprint density at radius 3 is 2.62 bits per heavy atom. The van der Waals surface area contributed by atoms with Crippen LogP contribution < -0.4 is 5.56 Å². The van der Waals surface area contributed by atoms with Crippen molar-refractivity contribution in [2.45, 2.75) is 39.0 Å². The van der Waals surface area contributed by atoms with Crippen molar-refractivity contribution in [2.75, 3.05) is 19.7 Å². The number of pyridine rings is 1. The number of hydrogen-bond donors (Lipinski definition) is 0. The normalized spacial score (nSPS) is 16.5. The number of likely N-dealkylation sites (tertiary alicyclic amines) is 1. The first-order valence-electron chi connectivity index (χ1n) is 10.7. The average Bonchev–Trinajstić information content (AvgIpc) is 3.38. The van der Waals surface area contributed by atoms with E-state index in [1.54, 1.807) is 17.6 Å². The lowest BCUT2D eigenvalue weighted by Crippen LogP contribution is -2.35. The van der Waals surface area contributed by atoms with E-state index in [2.05, 4.69) is 0 Å². The summed E-state index contributed by atoms with van der Waals surface area (Å²) in [6.07, 6.45) is -2.92. The number of ether oxygens (including phenoxy) is 1. The van der Waals surface area contributed by atoms with E-state index in [0.717, 1.165) is 10.6 Å². The van der Waals surface area contributed by atoms with Crippen LogP contribution in [0.25, 0.3) is 22.0 Å². The third-order valence-electron chi connectivity index (χ3n) is 5.81. The second-order valence-electron chi connectivity index (χ2n) is 8.06. The molecule has 1 unspecified atom stereocenters. The molecule has 3 aromatic rings. The zero-order valence-electron chi connectivity index (χ0n) is 18.2. The zero-order chi connectivity index (χ0) is 24.6. The molecule has 1 saturated heterocycles. The highest BCUT2D eigenvalue weighted by Gasteiger charge is 2.34. The summed E-state index contributed by atoms with van der Waals surface area (Å²) in [5.74, 6) is -1.85. The maximum absolute atomic E-state index is 13.8. The Bertz CT molecular complexity index is 1280. The number of carbonyl (C=O) groups excluding carboxylic acids is 1. The van der Waals surface area contributed by atoms with Crippen LogP contribution in [0.5, 0.6) is 0 Å². The fraction of sp³-hybridized carbons (Fsp3) is 0.391. The Balaban J connectivity index is 1.82. The van der Waals surface area contributed by atoms with Gasteiger partial charge in [0.25, 0.3) is 5.56 Å². The molecule has 1 fully saturated rings. The van der Waals surface area contributed by atoms with Gasteiger partial charge in [-0.2, -0.15) is 13.2 Å². The minimum Gasteiger partial charge on any atom is -0.361 e. The minimum absolute atomic E-state index is 0.00466. The van der Waals surface area contributed by atoms with Crippen LogP contribution in [0.1, 0.15) is 18.9 Å². The second kappa shape index (κ2) is 9.21. The molecule has 0 aliphatic carbocycles. The van der Waals surface area contributed by atoms with Crippen LogP contribution in [-0.4, -0.2) is 45.8 Å². The highest BCUT2D eigenvalue weighted by molar-refractivity contribution is 5.95. The summed E-state index contributed by atoms with van der Waals surface area (Å²) < 4.78 is 75.3. The number of alkyl halides is 4. The molecule has 4 rings (SSSR count). The lowest BCUT2D eigenvalue weighted by atomic mass is 10.0. The van der Waals surface area contributed by atoms with Gasteiger partial charge in [-0.1, -0.05) is 6.07 Å². The quantitative estimate of drug-likeness (QED) is 0.494. The van der Waals surface area contributed by atoms with Crippen molar-refractivity contribution in [1.29, 1.82) is 0 Å². The second-order valence-corrected chi connectivity index (χ2v) is 8.06. The third-order valence-corrected chi connectivity index (χ3v) is 5.81. The van der Waals surface area contributed by atoms with Gasteiger partial charge in [0.1, 0.15) is 25.3 Å². The van der Waals surface area contributed by atoms with Gasteiger partial charge in [0.05, 0.1) is 23.0 Å². The summed E-state index contributed by atoms with van der Waals surface area (Å²) in [4.78, 5) is 27.2. The number of benzene rings is 1. The van der Waals surface area contributed by atoms with E-state index in [1.165, 1.54) is 17.3 Å². The SMILES string of the molecule is CCOCn1cc(-c2ccc(F)c(C(F)(F)F)c2)c2c(=O)n(CC(=O)N3CCC(F)C3)ccc21. The van der Waals surface area contributed by atoms with Gasteiger partial charge in [0, 0.05) is 31.1 Å². The standard InChI is InChI=1S/C23H22F5N3O3/c1-2-34-13-31-11-16(14-3-4-18(25)17(9-14)23(26,27)28)21-19(31)6-8-30(22(21)33)12-20(32)29-7-5-15(24)10-29/h3-4,6,8-9,11,15H,2,5,7,10,12-13H2,1H3. The predicted molar refractivity (Wildman–Crippen MR) is 114 cm³/mol. The Labute approximate surface area is 191 Å². The van der Waals surface area contributed by atoms with Crippen molar-refractivity contribution in [3.8, 4) is 11.1 Å². The summed E-state index contributed by atoms with van der Waals surface area (Å²) in [7, 11) is 0. The van der Waals surface area contributed by atoms with Gasteiger partial charge in [-0.3, -0.25) is 9.59 Å². The van der Waals surface area contributed by atoms with Crippen molar-refractivity contribution >= 4 is 16.8 Å². The Morgan fingerprint density at radius 2 is 1.97 bits per heavy atom. The number of nitrogens with zero attached hydrogens (tertiary/aromatic N) is 3. The molecule has 1 aromatic carbocycles. The molecular formula is C23H22F5N3O3. The van der Waals surface area contributed by atoms with Gasteiger partial charge in [-0.15, -0.1) is 0 Å². The molecule has 3 heterocycles. The van der Waals surface area contributed by atoms with E-state index in [-0.39, 0.29) is 49.3 Å². The van der Waals surface area contributed by atoms with E-state index in [9.17, 15) is 31.5 Å². The smallest absolute Gasteiger partial charge is 0.361 e. The van der Waals surface area contributed by atoms with E-state index in [0.29, 0.717) is 24.3 Å². The Hall–Kier alpha value is -3.21. The van der Waals surface area contributed by atoms with E-state index < -0.39 is 35.2 Å². The fourth-order valence-electron chi connectivity index (χ4n) is 4.09. The minimum atomic E-state index is -4.92. The van der Waals surface area contributed by atoms with Crippen LogP contribution in [0, 0.1) is 5.82 Å². The molecule has 0 saturated carbocycles. The number of carbonyl (C=O) groups is 1. The van der Waals surface area contributed by atoms with E-state index in [4.69, 9.17) is 4.74 Å². The van der Waals surface area contributed by atoms with Crippen molar-refractivity contribution in [3.63, 3.8) is 0 Å². The molecule has 11 heteroatoms. The summed E-state index contributed by atoms with van der Waals surface area (Å²) in [5.41, 5.74) is -1.52. The van der Waals surface area contributed by atoms with Crippen LogP contribution in [-0.2, 0) is 29.0 Å². The first-order chi connectivity index (χ1) is 16.1. The molecule has 1 aliphatic heterocycles. The number of fused-ring (bicyclic) bond motifs is 1. The monoisotopic (exact) mass is 483 g/mol. The molecule has 0 spiro atoms. The number of aromatic nitrogens is 2. The number of amides is 1. The maximum Gasteiger partial charge on any atom is 0.419 e. The van der Waals surface area contributed by atoms with Crippen molar-refractivity contribution < 1.29 is 31.5 Å². The van der Waals surface area contributed by atoms with Gasteiger partial charge in [0.2, 0.25) is 5.91 Å². The molecule has 1 aliphatic rings. The number of rotatable bonds is 6. The molecule has 0 radical (unpaired) electrons. The summed E-state index contributed by atoms with van der Waals surface area (Å²) in [6.45, 7) is 2.04. The third kappa shape index (κ3) is 4.56. The van der Waals surface area contributed by atoms with Gasteiger partial charge in [0.15, 0.2) is 0 Å². The summed E-state index contributed by atoms with van der Waals surface area (Å²) in [6, 6.07) is 4.08. The molecule has 1 atom stereocenters. The summed E-state index contributed by atoms with van der Waals surface area (Å²) >= 11 is 0. The Morgan fingerprint density at radius 1 is 1.21 bits per heavy atom. The van der Waals surface area contributed by atoms with Gasteiger partial charge in [-0.25, -0.2) is 8.78 Å². The van der Waals surface area contributed by atoms with Crippen molar-refractivity contribution in [3.05, 3.63) is 58.4 Å². The van der Waals surface area contributed by atoms with Gasteiger partial charge < -0.3 is 18.8 Å². The molecule has 6 nitrogen and oxygen atoms in total. The van der Waals surface area contributed by atoms with Gasteiger partial charge >= 0.3 is 6.18 Å². The van der Waals surface area contributed by atoms with Crippen LogP contribution in [0.4, 0.5) is 22.0 Å². The molecule has 34 heavy (non-hydrogen) atoms. The predicted octanol–water partition coefficient (Wildman–Crippen LogP) is 4.19. The molecule has 2 aromatic heterocycles. The first-order valence-corrected chi connectivity index (χ1v) is 10.7. The van der Waals surface area contributed by atoms with Crippen LogP contribution in [0.2, 0.25) is 0 Å². The van der Waals surface area contributed by atoms with Gasteiger partial charge in [-0.05, 0) is 37.1 Å². The highest BCUT2D eigenvalue weighted by Crippen LogP contribution is 2.36. The number of halogens is 5. The average molecular weight is 483 g/mol. The maximum atomic E-state index is 13.8. The molecule has 0 bridgehead atoms. The first kappa shape index (κ1) is 23.9. The number of hydrogen-bond acceptors (Lipinski definition) is 3. The van der Waals surface area contributed by atoms with Crippen LogP contribution in [0.15, 0.2) is 41.5 Å². The van der Waals surface area contributed by atoms with E-state index in [1.807, 2.05) is 0 Å². The Kier molecular flexibility index (Phi) is 6.48. The highest BCUT2D eigenvalue weighted by atomic mass is 19.4. The lowest BCUT2D eigenvalue weighted by Gasteiger charge is -2.16.